The zero-order valence-electron chi connectivity index (χ0n) is 17.2. The zero-order valence-corrected chi connectivity index (χ0v) is 18.8. The lowest BCUT2D eigenvalue weighted by Crippen LogP contribution is -2.29. The van der Waals surface area contributed by atoms with Crippen molar-refractivity contribution in [2.45, 2.75) is 17.9 Å². The van der Waals surface area contributed by atoms with E-state index in [1.807, 2.05) is 0 Å². The molecule has 3 rings (SSSR count). The van der Waals surface area contributed by atoms with Gasteiger partial charge in [0.1, 0.15) is 17.2 Å². The Bertz CT molecular complexity index is 1120. The van der Waals surface area contributed by atoms with Crippen LogP contribution in [0.5, 0.6) is 17.2 Å². The van der Waals surface area contributed by atoms with E-state index in [0.29, 0.717) is 23.2 Å². The highest BCUT2D eigenvalue weighted by Crippen LogP contribution is 2.28. The Morgan fingerprint density at radius 2 is 1.77 bits per heavy atom. The van der Waals surface area contributed by atoms with Gasteiger partial charge in [0.2, 0.25) is 10.0 Å². The molecule has 11 heteroatoms. The molecule has 0 aliphatic heterocycles. The van der Waals surface area contributed by atoms with Crippen LogP contribution in [0.25, 0.3) is 0 Å². The van der Waals surface area contributed by atoms with Crippen molar-refractivity contribution in [1.29, 1.82) is 0 Å². The SMILES string of the molecule is COc1ccc(OCc2nc(CCN(C)S(=O)(=O)c3ccc(OC)c(Cl)c3)no2)cc1. The van der Waals surface area contributed by atoms with Gasteiger partial charge in [-0.15, -0.1) is 0 Å². The van der Waals surface area contributed by atoms with Crippen molar-refractivity contribution in [3.63, 3.8) is 0 Å². The van der Waals surface area contributed by atoms with E-state index in [-0.39, 0.29) is 29.5 Å². The first-order chi connectivity index (χ1) is 14.8. The van der Waals surface area contributed by atoms with Crippen molar-refractivity contribution in [2.75, 3.05) is 27.8 Å². The molecule has 0 aliphatic rings. The van der Waals surface area contributed by atoms with Crippen LogP contribution in [-0.4, -0.2) is 50.7 Å². The number of halogens is 1. The van der Waals surface area contributed by atoms with Gasteiger partial charge in [0, 0.05) is 20.0 Å². The monoisotopic (exact) mass is 467 g/mol. The summed E-state index contributed by atoms with van der Waals surface area (Å²) in [5, 5.41) is 4.09. The van der Waals surface area contributed by atoms with Crippen LogP contribution in [0.3, 0.4) is 0 Å². The predicted octanol–water partition coefficient (Wildman–Crippen LogP) is 3.18. The molecule has 9 nitrogen and oxygen atoms in total. The van der Waals surface area contributed by atoms with E-state index in [9.17, 15) is 8.42 Å². The van der Waals surface area contributed by atoms with Gasteiger partial charge >= 0.3 is 0 Å². The molecule has 1 heterocycles. The summed E-state index contributed by atoms with van der Waals surface area (Å²) in [6.07, 6.45) is 0.269. The van der Waals surface area contributed by atoms with Gasteiger partial charge in [-0.2, -0.15) is 4.98 Å². The molecule has 0 saturated carbocycles. The summed E-state index contributed by atoms with van der Waals surface area (Å²) < 4.78 is 47.6. The molecule has 0 aliphatic carbocycles. The lowest BCUT2D eigenvalue weighted by atomic mass is 10.3. The fourth-order valence-electron chi connectivity index (χ4n) is 2.63. The maximum absolute atomic E-state index is 12.7. The van der Waals surface area contributed by atoms with Gasteiger partial charge in [-0.25, -0.2) is 12.7 Å². The van der Waals surface area contributed by atoms with Crippen molar-refractivity contribution >= 4 is 21.6 Å². The van der Waals surface area contributed by atoms with Gasteiger partial charge < -0.3 is 18.7 Å². The second kappa shape index (κ2) is 9.99. The molecule has 0 fully saturated rings. The van der Waals surface area contributed by atoms with Gasteiger partial charge in [0.05, 0.1) is 24.1 Å². The fraction of sp³-hybridized carbons (Fsp3) is 0.300. The van der Waals surface area contributed by atoms with Crippen LogP contribution >= 0.6 is 11.6 Å². The van der Waals surface area contributed by atoms with Crippen LogP contribution in [0, 0.1) is 0 Å². The van der Waals surface area contributed by atoms with Crippen molar-refractivity contribution < 1.29 is 27.2 Å². The largest absolute Gasteiger partial charge is 0.497 e. The molecule has 0 unspecified atom stereocenters. The minimum Gasteiger partial charge on any atom is -0.497 e. The summed E-state index contributed by atoms with van der Waals surface area (Å²) in [4.78, 5) is 4.31. The second-order valence-electron chi connectivity index (χ2n) is 6.44. The first kappa shape index (κ1) is 22.9. The van der Waals surface area contributed by atoms with Gasteiger partial charge in [0.25, 0.3) is 5.89 Å². The molecule has 166 valence electrons. The summed E-state index contributed by atoms with van der Waals surface area (Å²) in [7, 11) is 0.793. The van der Waals surface area contributed by atoms with Crippen LogP contribution in [0.15, 0.2) is 51.9 Å². The number of sulfonamides is 1. The van der Waals surface area contributed by atoms with Crippen molar-refractivity contribution in [2.24, 2.45) is 0 Å². The Morgan fingerprint density at radius 1 is 1.06 bits per heavy atom. The van der Waals surface area contributed by atoms with Gasteiger partial charge in [-0.05, 0) is 42.5 Å². The van der Waals surface area contributed by atoms with E-state index in [1.165, 1.54) is 36.7 Å². The Kier molecular flexibility index (Phi) is 7.37. The molecular formula is C20H22ClN3O6S. The molecule has 1 aromatic heterocycles. The summed E-state index contributed by atoms with van der Waals surface area (Å²) in [6.45, 7) is 0.252. The summed E-state index contributed by atoms with van der Waals surface area (Å²) in [5.74, 6) is 2.42. The molecule has 0 amide bonds. The second-order valence-corrected chi connectivity index (χ2v) is 8.89. The summed E-state index contributed by atoms with van der Waals surface area (Å²) in [5.41, 5.74) is 0. The molecule has 31 heavy (non-hydrogen) atoms. The van der Waals surface area contributed by atoms with Crippen LogP contribution in [0.4, 0.5) is 0 Å². The van der Waals surface area contributed by atoms with E-state index < -0.39 is 10.0 Å². The Hall–Kier alpha value is -2.82. The van der Waals surface area contributed by atoms with E-state index >= 15 is 0 Å². The van der Waals surface area contributed by atoms with Gasteiger partial charge in [0.15, 0.2) is 12.4 Å². The number of aromatic nitrogens is 2. The molecular weight excluding hydrogens is 446 g/mol. The number of ether oxygens (including phenoxy) is 3. The summed E-state index contributed by atoms with van der Waals surface area (Å²) >= 11 is 6.05. The number of likely N-dealkylation sites (N-methyl/N-ethyl adjacent to an activating group) is 1. The molecule has 2 aromatic carbocycles. The third-order valence-corrected chi connectivity index (χ3v) is 6.56. The molecule has 0 spiro atoms. The quantitative estimate of drug-likeness (QED) is 0.447. The maximum Gasteiger partial charge on any atom is 0.264 e. The van der Waals surface area contributed by atoms with Gasteiger partial charge in [-0.3, -0.25) is 0 Å². The molecule has 0 bridgehead atoms. The van der Waals surface area contributed by atoms with Crippen molar-refractivity contribution in [3.05, 3.63) is 59.2 Å². The number of nitrogens with zero attached hydrogens (tertiary/aromatic N) is 3. The number of benzene rings is 2. The standard InChI is InChI=1S/C20H22ClN3O6S/c1-24(31(25,26)16-8-9-18(28-3)17(21)12-16)11-10-19-22-20(30-23-19)13-29-15-6-4-14(27-2)5-7-15/h4-9,12H,10-11,13H2,1-3H3. The molecule has 0 N–H and O–H groups in total. The fourth-order valence-corrected chi connectivity index (χ4v) is 4.15. The normalized spacial score (nSPS) is 11.5. The van der Waals surface area contributed by atoms with Gasteiger partial charge in [-0.1, -0.05) is 16.8 Å². The first-order valence-corrected chi connectivity index (χ1v) is 11.0. The molecule has 3 aromatic rings. The highest BCUT2D eigenvalue weighted by atomic mass is 35.5. The zero-order chi connectivity index (χ0) is 22.4. The van der Waals surface area contributed by atoms with Crippen LogP contribution in [-0.2, 0) is 23.1 Å². The average Bonchev–Trinajstić information content (AvgIpc) is 3.24. The average molecular weight is 468 g/mol. The molecule has 0 radical (unpaired) electrons. The smallest absolute Gasteiger partial charge is 0.264 e. The number of methoxy groups -OCH3 is 2. The Morgan fingerprint density at radius 3 is 2.42 bits per heavy atom. The highest BCUT2D eigenvalue weighted by molar-refractivity contribution is 7.89. The lowest BCUT2D eigenvalue weighted by Gasteiger charge is -2.17. The number of hydrogen-bond acceptors (Lipinski definition) is 8. The highest BCUT2D eigenvalue weighted by Gasteiger charge is 2.22. The third kappa shape index (κ3) is 5.66. The number of rotatable bonds is 10. The van der Waals surface area contributed by atoms with E-state index in [0.717, 1.165) is 5.75 Å². The third-order valence-electron chi connectivity index (χ3n) is 4.41. The molecule has 0 atom stereocenters. The van der Waals surface area contributed by atoms with Crippen molar-refractivity contribution in [1.82, 2.24) is 14.4 Å². The van der Waals surface area contributed by atoms with Crippen LogP contribution in [0.2, 0.25) is 5.02 Å². The summed E-state index contributed by atoms with van der Waals surface area (Å²) in [6, 6.07) is 11.4. The van der Waals surface area contributed by atoms with Crippen molar-refractivity contribution in [3.8, 4) is 17.2 Å². The van der Waals surface area contributed by atoms with E-state index in [2.05, 4.69) is 10.1 Å². The first-order valence-electron chi connectivity index (χ1n) is 9.21. The maximum atomic E-state index is 12.7. The van der Waals surface area contributed by atoms with Crippen LogP contribution < -0.4 is 14.2 Å². The molecule has 0 saturated heterocycles. The Balaban J connectivity index is 1.56. The Labute approximate surface area is 185 Å². The minimum atomic E-state index is -3.73. The number of hydrogen-bond donors (Lipinski definition) is 0. The predicted molar refractivity (Wildman–Crippen MR) is 113 cm³/mol. The lowest BCUT2D eigenvalue weighted by molar-refractivity contribution is 0.242. The minimum absolute atomic E-state index is 0.0718. The topological polar surface area (TPSA) is 104 Å². The van der Waals surface area contributed by atoms with E-state index in [4.69, 9.17) is 30.3 Å². The van der Waals surface area contributed by atoms with Crippen LogP contribution in [0.1, 0.15) is 11.7 Å². The van der Waals surface area contributed by atoms with E-state index in [1.54, 1.807) is 31.4 Å².